The minimum absolute atomic E-state index is 0.108. The van der Waals surface area contributed by atoms with Crippen LogP contribution in [0.1, 0.15) is 53.7 Å². The summed E-state index contributed by atoms with van der Waals surface area (Å²) >= 11 is 1.60. The minimum Gasteiger partial charge on any atom is -0.369 e. The van der Waals surface area contributed by atoms with Gasteiger partial charge in [-0.3, -0.25) is 9.69 Å². The van der Waals surface area contributed by atoms with Gasteiger partial charge in [0.1, 0.15) is 5.69 Å². The molecule has 1 amide bonds. The number of amides is 1. The maximum absolute atomic E-state index is 13.0. The van der Waals surface area contributed by atoms with Crippen molar-refractivity contribution < 1.29 is 4.79 Å². The Kier molecular flexibility index (Phi) is 6.20. The van der Waals surface area contributed by atoms with E-state index < -0.39 is 0 Å². The fourth-order valence-electron chi connectivity index (χ4n) is 4.50. The first kappa shape index (κ1) is 20.4. The molecule has 2 aliphatic rings. The summed E-state index contributed by atoms with van der Waals surface area (Å²) in [4.78, 5) is 24.7. The molecule has 6 heteroatoms. The van der Waals surface area contributed by atoms with E-state index in [0.29, 0.717) is 17.7 Å². The fourth-order valence-corrected chi connectivity index (χ4v) is 5.31. The number of piperidine rings is 1. The molecule has 2 aliphatic heterocycles. The molecule has 4 rings (SSSR count). The van der Waals surface area contributed by atoms with Gasteiger partial charge in [0.05, 0.1) is 5.01 Å². The number of carbonyl (C=O) groups is 1. The topological polar surface area (TPSA) is 39.7 Å². The van der Waals surface area contributed by atoms with E-state index in [1.165, 1.54) is 17.7 Å². The number of para-hydroxylation sites is 1. The summed E-state index contributed by atoms with van der Waals surface area (Å²) in [6.07, 6.45) is 2.26. The van der Waals surface area contributed by atoms with Crippen molar-refractivity contribution in [3.63, 3.8) is 0 Å². The molecule has 156 valence electrons. The Bertz CT molecular complexity index is 841. The molecule has 0 unspecified atom stereocenters. The number of anilines is 1. The number of aryl methyl sites for hydroxylation is 1. The monoisotopic (exact) mass is 412 g/mol. The number of rotatable bonds is 4. The first-order valence-corrected chi connectivity index (χ1v) is 11.7. The zero-order valence-corrected chi connectivity index (χ0v) is 18.6. The average molecular weight is 413 g/mol. The second-order valence-electron chi connectivity index (χ2n) is 8.58. The van der Waals surface area contributed by atoms with E-state index in [1.807, 2.05) is 10.3 Å². The summed E-state index contributed by atoms with van der Waals surface area (Å²) in [5, 5.41) is 2.98. The van der Waals surface area contributed by atoms with Crippen LogP contribution >= 0.6 is 11.3 Å². The molecule has 1 aromatic carbocycles. The molecule has 1 aromatic heterocycles. The van der Waals surface area contributed by atoms with Gasteiger partial charge in [0.2, 0.25) is 0 Å². The lowest BCUT2D eigenvalue weighted by Crippen LogP contribution is -2.56. The predicted octanol–water partition coefficient (Wildman–Crippen LogP) is 4.00. The summed E-state index contributed by atoms with van der Waals surface area (Å²) < 4.78 is 0. The highest BCUT2D eigenvalue weighted by molar-refractivity contribution is 7.09. The molecule has 29 heavy (non-hydrogen) atoms. The van der Waals surface area contributed by atoms with Gasteiger partial charge in [-0.15, -0.1) is 11.3 Å². The Balaban J connectivity index is 1.35. The molecule has 2 saturated heterocycles. The van der Waals surface area contributed by atoms with Crippen molar-refractivity contribution in [1.82, 2.24) is 14.8 Å². The van der Waals surface area contributed by atoms with Gasteiger partial charge in [-0.2, -0.15) is 0 Å². The Morgan fingerprint density at radius 3 is 2.59 bits per heavy atom. The second-order valence-corrected chi connectivity index (χ2v) is 9.47. The third kappa shape index (κ3) is 4.48. The molecule has 0 radical (unpaired) electrons. The van der Waals surface area contributed by atoms with Crippen molar-refractivity contribution >= 4 is 22.9 Å². The fraction of sp³-hybridized carbons (Fsp3) is 0.565. The predicted molar refractivity (Wildman–Crippen MR) is 120 cm³/mol. The minimum atomic E-state index is 0.108. The first-order valence-electron chi connectivity index (χ1n) is 10.8. The lowest BCUT2D eigenvalue weighted by molar-refractivity contribution is 0.0559. The van der Waals surface area contributed by atoms with Crippen molar-refractivity contribution in [2.75, 3.05) is 44.2 Å². The van der Waals surface area contributed by atoms with Gasteiger partial charge in [0, 0.05) is 62.3 Å². The van der Waals surface area contributed by atoms with Gasteiger partial charge < -0.3 is 9.80 Å². The van der Waals surface area contributed by atoms with Gasteiger partial charge >= 0.3 is 0 Å². The molecule has 0 spiro atoms. The zero-order valence-electron chi connectivity index (χ0n) is 17.8. The molecule has 1 atom stereocenters. The van der Waals surface area contributed by atoms with E-state index in [-0.39, 0.29) is 5.91 Å². The molecule has 0 N–H and O–H groups in total. The highest BCUT2D eigenvalue weighted by Gasteiger charge is 2.31. The van der Waals surface area contributed by atoms with Gasteiger partial charge in [0.25, 0.3) is 5.91 Å². The number of likely N-dealkylation sites (tertiary alicyclic amines) is 1. The molecule has 0 saturated carbocycles. The number of aromatic nitrogens is 1. The number of hydrogen-bond donors (Lipinski definition) is 0. The molecule has 0 bridgehead atoms. The highest BCUT2D eigenvalue weighted by atomic mass is 32.1. The SMILES string of the molecule is Cc1ccccc1N1CCN([C@@H]2CCCN(C(=O)c3csc(C(C)C)n3)C2)CC1. The quantitative estimate of drug-likeness (QED) is 0.761. The van der Waals surface area contributed by atoms with E-state index in [0.717, 1.165) is 50.7 Å². The summed E-state index contributed by atoms with van der Waals surface area (Å²) in [7, 11) is 0. The number of carbonyl (C=O) groups excluding carboxylic acids is 1. The van der Waals surface area contributed by atoms with Gasteiger partial charge in [-0.25, -0.2) is 4.98 Å². The van der Waals surface area contributed by atoms with E-state index in [2.05, 4.69) is 59.8 Å². The lowest BCUT2D eigenvalue weighted by atomic mass is 10.0. The van der Waals surface area contributed by atoms with E-state index in [9.17, 15) is 4.79 Å². The van der Waals surface area contributed by atoms with Gasteiger partial charge in [0.15, 0.2) is 0 Å². The molecule has 0 aliphatic carbocycles. The normalized spacial score (nSPS) is 21.0. The van der Waals surface area contributed by atoms with Crippen LogP contribution in [-0.4, -0.2) is 66.0 Å². The average Bonchev–Trinajstić information content (AvgIpc) is 3.25. The van der Waals surface area contributed by atoms with Crippen molar-refractivity contribution in [2.45, 2.75) is 45.6 Å². The molecule has 5 nitrogen and oxygen atoms in total. The van der Waals surface area contributed by atoms with Crippen LogP contribution in [0.4, 0.5) is 5.69 Å². The van der Waals surface area contributed by atoms with Crippen LogP contribution < -0.4 is 4.90 Å². The Labute approximate surface area is 178 Å². The van der Waals surface area contributed by atoms with Gasteiger partial charge in [-0.05, 0) is 31.4 Å². The first-order chi connectivity index (χ1) is 14.0. The Morgan fingerprint density at radius 1 is 1.14 bits per heavy atom. The number of nitrogens with zero attached hydrogens (tertiary/aromatic N) is 4. The van der Waals surface area contributed by atoms with E-state index in [4.69, 9.17) is 0 Å². The van der Waals surface area contributed by atoms with Crippen LogP contribution in [0.25, 0.3) is 0 Å². The van der Waals surface area contributed by atoms with Crippen LogP contribution in [0, 0.1) is 6.92 Å². The standard InChI is InChI=1S/C23H32N4OS/c1-17(2)22-24-20(16-29-22)23(28)27-10-6-8-19(15-27)25-11-13-26(14-12-25)21-9-5-4-7-18(21)3/h4-5,7,9,16-17,19H,6,8,10-15H2,1-3H3/t19-/m1/s1. The lowest BCUT2D eigenvalue weighted by Gasteiger charge is -2.44. The summed E-state index contributed by atoms with van der Waals surface area (Å²) in [5.41, 5.74) is 3.33. The van der Waals surface area contributed by atoms with Crippen LogP contribution in [0.5, 0.6) is 0 Å². The van der Waals surface area contributed by atoms with Crippen LogP contribution in [-0.2, 0) is 0 Å². The van der Waals surface area contributed by atoms with Crippen LogP contribution in [0.2, 0.25) is 0 Å². The summed E-state index contributed by atoms with van der Waals surface area (Å²) in [6, 6.07) is 9.12. The van der Waals surface area contributed by atoms with Crippen LogP contribution in [0.15, 0.2) is 29.6 Å². The van der Waals surface area contributed by atoms with Crippen molar-refractivity contribution in [3.8, 4) is 0 Å². The Hall–Kier alpha value is -1.92. The third-order valence-corrected chi connectivity index (χ3v) is 7.35. The van der Waals surface area contributed by atoms with Crippen molar-refractivity contribution in [3.05, 3.63) is 45.9 Å². The molecule has 3 heterocycles. The smallest absolute Gasteiger partial charge is 0.273 e. The van der Waals surface area contributed by atoms with Crippen molar-refractivity contribution in [1.29, 1.82) is 0 Å². The maximum atomic E-state index is 13.0. The number of piperazine rings is 1. The van der Waals surface area contributed by atoms with Crippen LogP contribution in [0.3, 0.4) is 0 Å². The van der Waals surface area contributed by atoms with E-state index in [1.54, 1.807) is 11.3 Å². The molecule has 2 aromatic rings. The largest absolute Gasteiger partial charge is 0.369 e. The third-order valence-electron chi connectivity index (χ3n) is 6.21. The molecular weight excluding hydrogens is 380 g/mol. The van der Waals surface area contributed by atoms with E-state index >= 15 is 0 Å². The number of hydrogen-bond acceptors (Lipinski definition) is 5. The summed E-state index contributed by atoms with van der Waals surface area (Å²) in [5.74, 6) is 0.483. The highest BCUT2D eigenvalue weighted by Crippen LogP contribution is 2.25. The molecule has 2 fully saturated rings. The maximum Gasteiger partial charge on any atom is 0.273 e. The number of thiazole rings is 1. The van der Waals surface area contributed by atoms with Crippen molar-refractivity contribution in [2.24, 2.45) is 0 Å². The zero-order chi connectivity index (χ0) is 20.4. The number of benzene rings is 1. The van der Waals surface area contributed by atoms with Gasteiger partial charge in [-0.1, -0.05) is 32.0 Å². The second kappa shape index (κ2) is 8.84. The Morgan fingerprint density at radius 2 is 1.90 bits per heavy atom. The summed E-state index contributed by atoms with van der Waals surface area (Å²) in [6.45, 7) is 12.4. The molecular formula is C23H32N4OS.